The second-order valence-electron chi connectivity index (χ2n) is 7.16. The Labute approximate surface area is 126 Å². The monoisotopic (exact) mass is 286 g/mol. The zero-order chi connectivity index (χ0) is 15.4. The number of aromatic amines is 1. The largest absolute Gasteiger partial charge is 0.494 e. The van der Waals surface area contributed by atoms with Crippen LogP contribution in [0, 0.1) is 0 Å². The van der Waals surface area contributed by atoms with E-state index in [1.54, 1.807) is 0 Å². The second-order valence-corrected chi connectivity index (χ2v) is 7.16. The van der Waals surface area contributed by atoms with Gasteiger partial charge in [-0.05, 0) is 45.1 Å². The number of nitrogens with zero attached hydrogens (tertiary/aromatic N) is 1. The van der Waals surface area contributed by atoms with Gasteiger partial charge in [0.15, 0.2) is 0 Å². The van der Waals surface area contributed by atoms with Crippen LogP contribution in [0.25, 0.3) is 10.9 Å². The van der Waals surface area contributed by atoms with E-state index in [0.717, 1.165) is 22.1 Å². The van der Waals surface area contributed by atoms with Crippen molar-refractivity contribution in [3.05, 3.63) is 23.9 Å². The molecule has 2 aromatic rings. The van der Waals surface area contributed by atoms with Gasteiger partial charge < -0.3 is 9.31 Å². The summed E-state index contributed by atoms with van der Waals surface area (Å²) in [5, 5.41) is 8.64. The molecule has 0 atom stereocenters. The summed E-state index contributed by atoms with van der Waals surface area (Å²) < 4.78 is 12.2. The fraction of sp³-hybridized carbons (Fsp3) is 0.562. The molecule has 0 unspecified atom stereocenters. The number of hydrogen-bond acceptors (Lipinski definition) is 3. The molecule has 1 aromatic carbocycles. The van der Waals surface area contributed by atoms with E-state index in [4.69, 9.17) is 9.31 Å². The molecule has 2 heterocycles. The molecule has 0 bridgehead atoms. The Bertz CT molecular complexity index is 660. The van der Waals surface area contributed by atoms with E-state index in [2.05, 4.69) is 57.8 Å². The van der Waals surface area contributed by atoms with Gasteiger partial charge in [0.2, 0.25) is 0 Å². The van der Waals surface area contributed by atoms with Crippen molar-refractivity contribution in [3.8, 4) is 0 Å². The van der Waals surface area contributed by atoms with Crippen LogP contribution < -0.4 is 5.46 Å². The van der Waals surface area contributed by atoms with E-state index in [1.165, 1.54) is 0 Å². The molecule has 1 aliphatic heterocycles. The molecule has 0 amide bonds. The Morgan fingerprint density at radius 2 is 1.71 bits per heavy atom. The molecule has 5 heteroatoms. The van der Waals surface area contributed by atoms with Crippen molar-refractivity contribution in [2.75, 3.05) is 0 Å². The number of hydrogen-bond donors (Lipinski definition) is 1. The molecule has 0 radical (unpaired) electrons. The van der Waals surface area contributed by atoms with Gasteiger partial charge in [-0.3, -0.25) is 5.10 Å². The third-order valence-electron chi connectivity index (χ3n) is 4.71. The smallest absolute Gasteiger partial charge is 0.399 e. The molecule has 1 saturated heterocycles. The lowest BCUT2D eigenvalue weighted by Gasteiger charge is -2.32. The van der Waals surface area contributed by atoms with Gasteiger partial charge in [-0.15, -0.1) is 0 Å². The summed E-state index contributed by atoms with van der Waals surface area (Å²) in [5.41, 5.74) is 2.56. The van der Waals surface area contributed by atoms with Crippen molar-refractivity contribution in [1.29, 1.82) is 0 Å². The minimum Gasteiger partial charge on any atom is -0.399 e. The highest BCUT2D eigenvalue weighted by atomic mass is 16.7. The third kappa shape index (κ3) is 2.28. The predicted molar refractivity (Wildman–Crippen MR) is 85.9 cm³/mol. The van der Waals surface area contributed by atoms with E-state index in [-0.39, 0.29) is 18.3 Å². The maximum absolute atomic E-state index is 6.12. The number of aromatic nitrogens is 2. The minimum absolute atomic E-state index is 0.316. The molecule has 1 aromatic heterocycles. The molecule has 112 valence electrons. The Morgan fingerprint density at radius 1 is 1.10 bits per heavy atom. The lowest BCUT2D eigenvalue weighted by atomic mass is 9.78. The van der Waals surface area contributed by atoms with Crippen LogP contribution in [0.4, 0.5) is 0 Å². The summed E-state index contributed by atoms with van der Waals surface area (Å²) in [6, 6.07) is 6.20. The second kappa shape index (κ2) is 4.58. The standard InChI is InChI=1S/C16H23BN2O2/c1-10(2)14-12-9-11(7-8-13(12)18-19-14)17-20-15(3,4)16(5,6)21-17/h7-10H,1-6H3,(H,18,19). The zero-order valence-electron chi connectivity index (χ0n) is 13.7. The van der Waals surface area contributed by atoms with Crippen LogP contribution in [0.1, 0.15) is 53.2 Å². The summed E-state index contributed by atoms with van der Waals surface area (Å²) in [7, 11) is -0.325. The highest BCUT2D eigenvalue weighted by Gasteiger charge is 2.51. The number of H-pyrrole nitrogens is 1. The molecule has 0 aliphatic carbocycles. The Kier molecular flexibility index (Phi) is 3.19. The van der Waals surface area contributed by atoms with Crippen LogP contribution in [0.15, 0.2) is 18.2 Å². The predicted octanol–water partition coefficient (Wildman–Crippen LogP) is 2.99. The molecular weight excluding hydrogens is 263 g/mol. The van der Waals surface area contributed by atoms with E-state index in [9.17, 15) is 0 Å². The number of nitrogens with one attached hydrogen (secondary N) is 1. The Morgan fingerprint density at radius 3 is 2.29 bits per heavy atom. The number of fused-ring (bicyclic) bond motifs is 1. The fourth-order valence-electron chi connectivity index (χ4n) is 2.61. The van der Waals surface area contributed by atoms with Gasteiger partial charge >= 0.3 is 7.12 Å². The van der Waals surface area contributed by atoms with E-state index < -0.39 is 0 Å². The first-order valence-electron chi connectivity index (χ1n) is 7.55. The lowest BCUT2D eigenvalue weighted by Crippen LogP contribution is -2.41. The van der Waals surface area contributed by atoms with Gasteiger partial charge in [-0.1, -0.05) is 26.0 Å². The zero-order valence-corrected chi connectivity index (χ0v) is 13.7. The number of rotatable bonds is 2. The Hall–Kier alpha value is -1.33. The van der Waals surface area contributed by atoms with Crippen molar-refractivity contribution >= 4 is 23.5 Å². The van der Waals surface area contributed by atoms with Crippen LogP contribution >= 0.6 is 0 Å². The van der Waals surface area contributed by atoms with Gasteiger partial charge in [0.25, 0.3) is 0 Å². The van der Waals surface area contributed by atoms with Crippen LogP contribution in [0.5, 0.6) is 0 Å². The lowest BCUT2D eigenvalue weighted by molar-refractivity contribution is 0.00578. The van der Waals surface area contributed by atoms with E-state index in [0.29, 0.717) is 5.92 Å². The first kappa shape index (κ1) is 14.6. The van der Waals surface area contributed by atoms with Gasteiger partial charge in [-0.2, -0.15) is 5.10 Å². The van der Waals surface area contributed by atoms with Crippen LogP contribution in [-0.4, -0.2) is 28.5 Å². The third-order valence-corrected chi connectivity index (χ3v) is 4.71. The summed E-state index contributed by atoms with van der Waals surface area (Å²) in [4.78, 5) is 0. The van der Waals surface area contributed by atoms with Gasteiger partial charge in [0, 0.05) is 11.1 Å². The Balaban J connectivity index is 2.01. The van der Waals surface area contributed by atoms with Crippen LogP contribution in [0.3, 0.4) is 0 Å². The minimum atomic E-state index is -0.325. The topological polar surface area (TPSA) is 47.1 Å². The van der Waals surface area contributed by atoms with Crippen molar-refractivity contribution in [2.24, 2.45) is 0 Å². The average molecular weight is 286 g/mol. The number of benzene rings is 1. The summed E-state index contributed by atoms with van der Waals surface area (Å²) in [5.74, 6) is 0.406. The molecule has 1 N–H and O–H groups in total. The molecule has 1 fully saturated rings. The van der Waals surface area contributed by atoms with Crippen LogP contribution in [-0.2, 0) is 9.31 Å². The van der Waals surface area contributed by atoms with Crippen LogP contribution in [0.2, 0.25) is 0 Å². The molecule has 0 saturated carbocycles. The normalized spacial score (nSPS) is 20.6. The molecular formula is C16H23BN2O2. The molecule has 3 rings (SSSR count). The van der Waals surface area contributed by atoms with Crippen molar-refractivity contribution in [3.63, 3.8) is 0 Å². The van der Waals surface area contributed by atoms with E-state index in [1.807, 2.05) is 12.1 Å². The fourth-order valence-corrected chi connectivity index (χ4v) is 2.61. The van der Waals surface area contributed by atoms with Crippen molar-refractivity contribution < 1.29 is 9.31 Å². The van der Waals surface area contributed by atoms with Crippen molar-refractivity contribution in [2.45, 2.75) is 58.7 Å². The van der Waals surface area contributed by atoms with Gasteiger partial charge in [0.1, 0.15) is 0 Å². The highest BCUT2D eigenvalue weighted by Crippen LogP contribution is 2.36. The highest BCUT2D eigenvalue weighted by molar-refractivity contribution is 6.62. The SMILES string of the molecule is CC(C)c1[nH]nc2ccc(B3OC(C)(C)C(C)(C)O3)cc12. The molecule has 0 spiro atoms. The van der Waals surface area contributed by atoms with Gasteiger partial charge in [-0.25, -0.2) is 0 Å². The van der Waals surface area contributed by atoms with Crippen molar-refractivity contribution in [1.82, 2.24) is 10.2 Å². The average Bonchev–Trinajstić information content (AvgIpc) is 2.87. The van der Waals surface area contributed by atoms with E-state index >= 15 is 0 Å². The maximum atomic E-state index is 6.12. The summed E-state index contributed by atoms with van der Waals surface area (Å²) in [6.45, 7) is 12.6. The first-order valence-corrected chi connectivity index (χ1v) is 7.55. The molecule has 1 aliphatic rings. The molecule has 4 nitrogen and oxygen atoms in total. The maximum Gasteiger partial charge on any atom is 0.494 e. The quantitative estimate of drug-likeness (QED) is 0.863. The van der Waals surface area contributed by atoms with Gasteiger partial charge in [0.05, 0.1) is 16.7 Å². The summed E-state index contributed by atoms with van der Waals surface area (Å²) in [6.07, 6.45) is 0. The summed E-state index contributed by atoms with van der Waals surface area (Å²) >= 11 is 0. The molecule has 21 heavy (non-hydrogen) atoms. The first-order chi connectivity index (χ1) is 9.71.